The first-order valence-corrected chi connectivity index (χ1v) is 5.78. The lowest BCUT2D eigenvalue weighted by atomic mass is 10.1. The van der Waals surface area contributed by atoms with Crippen molar-refractivity contribution in [3.63, 3.8) is 0 Å². The third-order valence-electron chi connectivity index (χ3n) is 3.18. The van der Waals surface area contributed by atoms with Crippen LogP contribution in [-0.4, -0.2) is 22.3 Å². The Morgan fingerprint density at radius 3 is 3.24 bits per heavy atom. The van der Waals surface area contributed by atoms with E-state index in [1.807, 2.05) is 29.3 Å². The zero-order chi connectivity index (χ0) is 11.7. The number of aromatic nitrogens is 1. The number of furan rings is 1. The van der Waals surface area contributed by atoms with Crippen LogP contribution in [0.25, 0.3) is 0 Å². The Bertz CT molecular complexity index is 513. The first-order chi connectivity index (χ1) is 8.33. The van der Waals surface area contributed by atoms with Crippen LogP contribution in [0.2, 0.25) is 0 Å². The van der Waals surface area contributed by atoms with Gasteiger partial charge in [0.2, 0.25) is 5.91 Å². The number of carbonyl (C=O) groups is 1. The number of carbonyl (C=O) groups excluding carboxylic acids is 1. The van der Waals surface area contributed by atoms with E-state index < -0.39 is 0 Å². The summed E-state index contributed by atoms with van der Waals surface area (Å²) in [5.41, 5.74) is 2.48. The highest BCUT2D eigenvalue weighted by Crippen LogP contribution is 2.18. The molecular weight excluding hydrogens is 216 g/mol. The van der Waals surface area contributed by atoms with Gasteiger partial charge in [-0.3, -0.25) is 4.79 Å². The smallest absolute Gasteiger partial charge is 0.230 e. The summed E-state index contributed by atoms with van der Waals surface area (Å²) < 4.78 is 5.20. The second-order valence-electron chi connectivity index (χ2n) is 4.30. The van der Waals surface area contributed by atoms with Crippen LogP contribution in [0, 0.1) is 0 Å². The molecule has 0 bridgehead atoms. The largest absolute Gasteiger partial charge is 0.469 e. The van der Waals surface area contributed by atoms with Crippen LogP contribution >= 0.6 is 0 Å². The van der Waals surface area contributed by atoms with Gasteiger partial charge in [-0.15, -0.1) is 0 Å². The molecule has 17 heavy (non-hydrogen) atoms. The Labute approximate surface area is 99.2 Å². The molecular formula is C13H14N2O2. The molecule has 4 nitrogen and oxygen atoms in total. The molecule has 0 spiro atoms. The predicted octanol–water partition coefficient (Wildman–Crippen LogP) is 1.74. The minimum Gasteiger partial charge on any atom is -0.469 e. The van der Waals surface area contributed by atoms with E-state index >= 15 is 0 Å². The average Bonchev–Trinajstić information content (AvgIpc) is 2.97. The molecule has 3 rings (SSSR count). The van der Waals surface area contributed by atoms with E-state index in [2.05, 4.69) is 4.98 Å². The van der Waals surface area contributed by atoms with Gasteiger partial charge in [-0.25, -0.2) is 0 Å². The number of aromatic amines is 1. The molecule has 1 amide bonds. The maximum absolute atomic E-state index is 12.1. The second-order valence-corrected chi connectivity index (χ2v) is 4.30. The van der Waals surface area contributed by atoms with Crippen molar-refractivity contribution in [2.45, 2.75) is 19.4 Å². The number of amides is 1. The van der Waals surface area contributed by atoms with Gasteiger partial charge in [0, 0.05) is 31.4 Å². The first-order valence-electron chi connectivity index (χ1n) is 5.78. The summed E-state index contributed by atoms with van der Waals surface area (Å²) in [7, 11) is 0. The van der Waals surface area contributed by atoms with E-state index in [0.29, 0.717) is 13.0 Å². The minimum absolute atomic E-state index is 0.131. The minimum atomic E-state index is 0.131. The lowest BCUT2D eigenvalue weighted by molar-refractivity contribution is -0.131. The number of hydrogen-bond acceptors (Lipinski definition) is 2. The van der Waals surface area contributed by atoms with Crippen molar-refractivity contribution in [3.05, 3.63) is 47.7 Å². The molecule has 0 fully saturated rings. The van der Waals surface area contributed by atoms with Gasteiger partial charge in [0.1, 0.15) is 5.76 Å². The van der Waals surface area contributed by atoms with Crippen molar-refractivity contribution in [1.29, 1.82) is 0 Å². The number of fused-ring (bicyclic) bond motifs is 1. The van der Waals surface area contributed by atoms with Crippen LogP contribution in [0.4, 0.5) is 0 Å². The molecule has 0 unspecified atom stereocenters. The predicted molar refractivity (Wildman–Crippen MR) is 62.3 cm³/mol. The standard InChI is InChI=1S/C13H14N2O2/c16-13(8-11-2-1-7-17-11)15-6-4-12-10(9-15)3-5-14-12/h1-3,5,7,14H,4,6,8-9H2. The molecule has 3 heterocycles. The van der Waals surface area contributed by atoms with Crippen molar-refractivity contribution in [1.82, 2.24) is 9.88 Å². The van der Waals surface area contributed by atoms with Crippen molar-refractivity contribution >= 4 is 5.91 Å². The fourth-order valence-corrected chi connectivity index (χ4v) is 2.24. The topological polar surface area (TPSA) is 49.2 Å². The molecule has 0 atom stereocenters. The fourth-order valence-electron chi connectivity index (χ4n) is 2.24. The third-order valence-corrected chi connectivity index (χ3v) is 3.18. The number of H-pyrrole nitrogens is 1. The van der Waals surface area contributed by atoms with E-state index in [0.717, 1.165) is 18.7 Å². The quantitative estimate of drug-likeness (QED) is 0.854. The number of nitrogens with zero attached hydrogens (tertiary/aromatic N) is 1. The highest BCUT2D eigenvalue weighted by atomic mass is 16.3. The Hall–Kier alpha value is -1.97. The lowest BCUT2D eigenvalue weighted by Gasteiger charge is -2.26. The summed E-state index contributed by atoms with van der Waals surface area (Å²) in [5, 5.41) is 0. The lowest BCUT2D eigenvalue weighted by Crippen LogP contribution is -2.36. The Kier molecular flexibility index (Phi) is 2.48. The van der Waals surface area contributed by atoms with Gasteiger partial charge in [0.25, 0.3) is 0 Å². The first kappa shape index (κ1) is 10.2. The Morgan fingerprint density at radius 1 is 1.47 bits per heavy atom. The van der Waals surface area contributed by atoms with Crippen LogP contribution in [0.1, 0.15) is 17.0 Å². The van der Waals surface area contributed by atoms with Crippen LogP contribution in [0.3, 0.4) is 0 Å². The summed E-state index contributed by atoms with van der Waals surface area (Å²) in [6.07, 6.45) is 4.80. The van der Waals surface area contributed by atoms with Crippen molar-refractivity contribution < 1.29 is 9.21 Å². The molecule has 4 heteroatoms. The van der Waals surface area contributed by atoms with E-state index in [4.69, 9.17) is 4.42 Å². The number of hydrogen-bond donors (Lipinski definition) is 1. The molecule has 0 saturated carbocycles. The van der Waals surface area contributed by atoms with Crippen molar-refractivity contribution in [2.24, 2.45) is 0 Å². The van der Waals surface area contributed by atoms with Gasteiger partial charge in [0.05, 0.1) is 12.7 Å². The molecule has 2 aromatic rings. The summed E-state index contributed by atoms with van der Waals surface area (Å²) in [6, 6.07) is 5.69. The van der Waals surface area contributed by atoms with Crippen LogP contribution < -0.4 is 0 Å². The maximum Gasteiger partial charge on any atom is 0.230 e. The normalized spacial score (nSPS) is 14.7. The van der Waals surface area contributed by atoms with Crippen LogP contribution in [0.5, 0.6) is 0 Å². The Morgan fingerprint density at radius 2 is 2.41 bits per heavy atom. The molecule has 0 aromatic carbocycles. The van der Waals surface area contributed by atoms with Crippen molar-refractivity contribution in [3.8, 4) is 0 Å². The van der Waals surface area contributed by atoms with Gasteiger partial charge < -0.3 is 14.3 Å². The van der Waals surface area contributed by atoms with Crippen LogP contribution in [-0.2, 0) is 24.2 Å². The Balaban J connectivity index is 1.68. The number of nitrogens with one attached hydrogen (secondary N) is 1. The molecule has 0 radical (unpaired) electrons. The third kappa shape index (κ3) is 1.98. The maximum atomic E-state index is 12.1. The average molecular weight is 230 g/mol. The van der Waals surface area contributed by atoms with Gasteiger partial charge in [0.15, 0.2) is 0 Å². The van der Waals surface area contributed by atoms with E-state index in [1.165, 1.54) is 11.3 Å². The van der Waals surface area contributed by atoms with Gasteiger partial charge in [-0.05, 0) is 23.8 Å². The van der Waals surface area contributed by atoms with Gasteiger partial charge >= 0.3 is 0 Å². The highest BCUT2D eigenvalue weighted by molar-refractivity contribution is 5.78. The summed E-state index contributed by atoms with van der Waals surface area (Å²) >= 11 is 0. The molecule has 1 aliphatic heterocycles. The molecule has 0 saturated heterocycles. The summed E-state index contributed by atoms with van der Waals surface area (Å²) in [6.45, 7) is 1.49. The zero-order valence-corrected chi connectivity index (χ0v) is 9.48. The van der Waals surface area contributed by atoms with Gasteiger partial charge in [-0.2, -0.15) is 0 Å². The summed E-state index contributed by atoms with van der Waals surface area (Å²) in [4.78, 5) is 17.1. The number of rotatable bonds is 2. The van der Waals surface area contributed by atoms with Gasteiger partial charge in [-0.1, -0.05) is 0 Å². The van der Waals surface area contributed by atoms with E-state index in [9.17, 15) is 4.79 Å². The molecule has 1 aliphatic rings. The second kappa shape index (κ2) is 4.13. The van der Waals surface area contributed by atoms with Crippen LogP contribution in [0.15, 0.2) is 35.1 Å². The SMILES string of the molecule is O=C(Cc1ccco1)N1CCc2[nH]ccc2C1. The zero-order valence-electron chi connectivity index (χ0n) is 9.48. The molecule has 88 valence electrons. The fraction of sp³-hybridized carbons (Fsp3) is 0.308. The molecule has 1 N–H and O–H groups in total. The van der Waals surface area contributed by atoms with E-state index in [-0.39, 0.29) is 5.91 Å². The summed E-state index contributed by atoms with van der Waals surface area (Å²) in [5.74, 6) is 0.863. The molecule has 0 aliphatic carbocycles. The monoisotopic (exact) mass is 230 g/mol. The van der Waals surface area contributed by atoms with Crippen molar-refractivity contribution in [2.75, 3.05) is 6.54 Å². The van der Waals surface area contributed by atoms with E-state index in [1.54, 1.807) is 6.26 Å². The highest BCUT2D eigenvalue weighted by Gasteiger charge is 2.21. The molecule has 2 aromatic heterocycles.